The van der Waals surface area contributed by atoms with Gasteiger partial charge in [0, 0.05) is 127 Å². The van der Waals surface area contributed by atoms with Crippen LogP contribution in [0.3, 0.4) is 0 Å². The summed E-state index contributed by atoms with van der Waals surface area (Å²) < 4.78 is 28.1. The van der Waals surface area contributed by atoms with Crippen LogP contribution >= 0.6 is 0 Å². The number of nitrogens with zero attached hydrogens (tertiary/aromatic N) is 1. The number of amides is 1. The Morgan fingerprint density at radius 2 is 0.969 bits per heavy atom. The molecule has 0 atom stereocenters. The number of benzene rings is 2. The average Bonchev–Trinajstić information content (AvgIpc) is 3.28. The van der Waals surface area contributed by atoms with Gasteiger partial charge in [-0.25, -0.2) is 0 Å². The fourth-order valence-corrected chi connectivity index (χ4v) is 7.93. The van der Waals surface area contributed by atoms with Crippen LogP contribution in [0, 0.1) is 17.3 Å². The quantitative estimate of drug-likeness (QED) is 0.0576. The number of hydrogen-bond donors (Lipinski definition) is 7. The van der Waals surface area contributed by atoms with E-state index in [1.807, 2.05) is 48.5 Å². The highest BCUT2D eigenvalue weighted by Crippen LogP contribution is 2.26. The number of carbonyl (C=O) groups excluding carboxylic acids is 3. The number of rotatable bonds is 24. The van der Waals surface area contributed by atoms with Gasteiger partial charge in [0.15, 0.2) is 0 Å². The lowest BCUT2D eigenvalue weighted by Crippen LogP contribution is -2.62. The molecule has 354 valence electrons. The maximum absolute atomic E-state index is 13.4. The van der Waals surface area contributed by atoms with Gasteiger partial charge in [-0.2, -0.15) is 0 Å². The first-order valence-corrected chi connectivity index (χ1v) is 23.3. The zero-order chi connectivity index (χ0) is 45.0. The van der Waals surface area contributed by atoms with Gasteiger partial charge in [0.25, 0.3) is 0 Å². The number of ether oxygens (including phenoxy) is 5. The van der Waals surface area contributed by atoms with E-state index in [-0.39, 0.29) is 34.8 Å². The highest BCUT2D eigenvalue weighted by Gasteiger charge is 2.33. The molecule has 0 aromatic heterocycles. The van der Waals surface area contributed by atoms with Gasteiger partial charge in [-0.1, -0.05) is 42.2 Å². The largest absolute Gasteiger partial charge is 0.379 e. The molecule has 0 radical (unpaired) electrons. The van der Waals surface area contributed by atoms with Gasteiger partial charge in [0.2, 0.25) is 5.91 Å². The molecule has 2 aromatic carbocycles. The normalized spacial score (nSPS) is 21.0. The van der Waals surface area contributed by atoms with Crippen molar-refractivity contribution in [2.24, 2.45) is 11.1 Å². The minimum absolute atomic E-state index is 0.0218. The monoisotopic (exact) mass is 891 g/mol. The molecule has 8 N–H and O–H groups in total. The molecule has 4 heterocycles. The highest BCUT2D eigenvalue weighted by atomic mass is 16.6. The molecule has 3 fully saturated rings. The molecule has 6 rings (SSSR count). The SMILES string of the molecule is NC12CNCCNCC(CC(=O)CCOCCOCCOCCOCCOCCC(=O)CCCC(=O)N3Cc4ccccc4C#Cc4ccccc43)(CNCCNC1)CNCCNC2. The predicted molar refractivity (Wildman–Crippen MR) is 248 cm³/mol. The lowest BCUT2D eigenvalue weighted by molar-refractivity contribution is -0.123. The lowest BCUT2D eigenvalue weighted by atomic mass is 9.81. The second-order valence-electron chi connectivity index (χ2n) is 17.0. The number of nitrogens with two attached hydrogens (primary N) is 1. The number of nitrogens with one attached hydrogen (secondary N) is 6. The predicted octanol–water partition coefficient (Wildman–Crippen LogP) is 0.744. The van der Waals surface area contributed by atoms with E-state index in [0.29, 0.717) is 105 Å². The van der Waals surface area contributed by atoms with Crippen molar-refractivity contribution in [3.8, 4) is 11.8 Å². The van der Waals surface area contributed by atoms with Crippen molar-refractivity contribution >= 4 is 23.2 Å². The minimum atomic E-state index is -0.363. The third-order valence-electron chi connectivity index (χ3n) is 11.5. The molecule has 0 saturated carbocycles. The highest BCUT2D eigenvalue weighted by molar-refractivity contribution is 5.95. The van der Waals surface area contributed by atoms with Crippen LogP contribution < -0.4 is 42.5 Å². The molecule has 0 unspecified atom stereocenters. The van der Waals surface area contributed by atoms with Gasteiger partial charge in [-0.15, -0.1) is 0 Å². The summed E-state index contributed by atoms with van der Waals surface area (Å²) in [7, 11) is 0. The second kappa shape index (κ2) is 29.8. The van der Waals surface area contributed by atoms with E-state index in [4.69, 9.17) is 29.4 Å². The number of ketones is 2. The standard InChI is InChI=1S/C48H74N8O8/c49-48-37-53-19-16-50-34-47(35-51-17-20-54-38-48,36-52-18-21-55-39-48)32-44(58)15-23-61-25-27-63-29-31-64-30-28-62-26-24-60-22-14-43(57)9-5-11-46(59)56-33-42-8-2-1-6-40(42)12-13-41-7-3-4-10-45(41)56/h1-4,6-8,10,50-55H,5,9,11,14-39,49H2. The molecule has 16 heteroatoms. The second-order valence-corrected chi connectivity index (χ2v) is 17.0. The molecular weight excluding hydrogens is 817 g/mol. The fraction of sp³-hybridized carbons (Fsp3) is 0.646. The van der Waals surface area contributed by atoms with Crippen molar-refractivity contribution in [2.45, 2.75) is 50.6 Å². The summed E-state index contributed by atoms with van der Waals surface area (Å²) in [6.45, 7) is 13.7. The van der Waals surface area contributed by atoms with Crippen molar-refractivity contribution in [1.29, 1.82) is 0 Å². The summed E-state index contributed by atoms with van der Waals surface area (Å²) >= 11 is 0. The van der Waals surface area contributed by atoms with Crippen molar-refractivity contribution in [3.63, 3.8) is 0 Å². The summed E-state index contributed by atoms with van der Waals surface area (Å²) in [5, 5.41) is 21.3. The molecule has 2 bridgehead atoms. The maximum atomic E-state index is 13.4. The molecule has 64 heavy (non-hydrogen) atoms. The van der Waals surface area contributed by atoms with E-state index in [2.05, 4.69) is 43.7 Å². The Balaban J connectivity index is 0.827. The van der Waals surface area contributed by atoms with E-state index >= 15 is 0 Å². The van der Waals surface area contributed by atoms with Gasteiger partial charge in [0.05, 0.1) is 83.8 Å². The lowest BCUT2D eigenvalue weighted by Gasteiger charge is -2.36. The zero-order valence-electron chi connectivity index (χ0n) is 37.9. The van der Waals surface area contributed by atoms with E-state index < -0.39 is 0 Å². The number of Topliss-reactive ketones (excluding diaryl/α,β-unsaturated/α-hetero) is 2. The van der Waals surface area contributed by atoms with Crippen LogP contribution in [0.1, 0.15) is 55.2 Å². The third-order valence-corrected chi connectivity index (χ3v) is 11.5. The molecule has 1 amide bonds. The van der Waals surface area contributed by atoms with Crippen LogP contribution in [0.15, 0.2) is 48.5 Å². The van der Waals surface area contributed by atoms with Crippen molar-refractivity contribution in [2.75, 3.05) is 150 Å². The number of anilines is 1. The van der Waals surface area contributed by atoms with Crippen LogP contribution in [0.4, 0.5) is 5.69 Å². The Kier molecular flexibility index (Phi) is 23.9. The fourth-order valence-electron chi connectivity index (χ4n) is 7.93. The number of fused-ring (bicyclic) bond motifs is 17. The summed E-state index contributed by atoms with van der Waals surface area (Å²) in [4.78, 5) is 40.9. The van der Waals surface area contributed by atoms with Crippen LogP contribution in [0.25, 0.3) is 0 Å². The summed E-state index contributed by atoms with van der Waals surface area (Å²) in [5.74, 6) is 6.70. The van der Waals surface area contributed by atoms with E-state index in [0.717, 1.165) is 101 Å². The summed E-state index contributed by atoms with van der Waals surface area (Å²) in [6.07, 6.45) is 2.22. The first-order valence-electron chi connectivity index (χ1n) is 23.3. The Morgan fingerprint density at radius 1 is 0.531 bits per heavy atom. The molecule has 2 aromatic rings. The molecule has 4 aliphatic heterocycles. The van der Waals surface area contributed by atoms with Crippen LogP contribution in [0.2, 0.25) is 0 Å². The third kappa shape index (κ3) is 19.4. The minimum Gasteiger partial charge on any atom is -0.379 e. The van der Waals surface area contributed by atoms with E-state index in [1.54, 1.807) is 4.90 Å². The molecular formula is C48H74N8O8. The smallest absolute Gasteiger partial charge is 0.227 e. The van der Waals surface area contributed by atoms with Gasteiger partial charge in [-0.05, 0) is 30.2 Å². The van der Waals surface area contributed by atoms with Gasteiger partial charge in [0.1, 0.15) is 11.6 Å². The van der Waals surface area contributed by atoms with Crippen LogP contribution in [-0.4, -0.2) is 168 Å². The molecule has 0 aliphatic carbocycles. The Bertz CT molecular complexity index is 1710. The number of carbonyl (C=O) groups is 3. The van der Waals surface area contributed by atoms with Gasteiger partial charge >= 0.3 is 0 Å². The Hall–Kier alpha value is -3.67. The number of para-hydroxylation sites is 1. The summed E-state index contributed by atoms with van der Waals surface area (Å²) in [5.41, 5.74) is 9.63. The maximum Gasteiger partial charge on any atom is 0.227 e. The van der Waals surface area contributed by atoms with Gasteiger partial charge in [-0.3, -0.25) is 14.4 Å². The van der Waals surface area contributed by atoms with Crippen LogP contribution in [0.5, 0.6) is 0 Å². The number of hydrogen-bond acceptors (Lipinski definition) is 15. The van der Waals surface area contributed by atoms with Crippen LogP contribution in [-0.2, 0) is 44.6 Å². The van der Waals surface area contributed by atoms with E-state index in [1.165, 1.54) is 0 Å². The first kappa shape index (κ1) is 51.3. The molecule has 0 spiro atoms. The molecule has 16 nitrogen and oxygen atoms in total. The molecule has 4 aliphatic rings. The Morgan fingerprint density at radius 3 is 1.52 bits per heavy atom. The first-order chi connectivity index (χ1) is 31.3. The topological polar surface area (TPSA) is 199 Å². The summed E-state index contributed by atoms with van der Waals surface area (Å²) in [6, 6.07) is 15.6. The van der Waals surface area contributed by atoms with Crippen molar-refractivity contribution in [1.82, 2.24) is 31.9 Å². The van der Waals surface area contributed by atoms with E-state index in [9.17, 15) is 14.4 Å². The molecule has 3 saturated heterocycles. The average molecular weight is 891 g/mol. The van der Waals surface area contributed by atoms with Gasteiger partial charge < -0.3 is 66.2 Å². The zero-order valence-corrected chi connectivity index (χ0v) is 37.9. The van der Waals surface area contributed by atoms with Crippen molar-refractivity contribution < 1.29 is 38.1 Å². The Labute approximate surface area is 380 Å². The van der Waals surface area contributed by atoms with Crippen molar-refractivity contribution in [3.05, 3.63) is 65.2 Å².